The van der Waals surface area contributed by atoms with Gasteiger partial charge in [-0.2, -0.15) is 0 Å². The van der Waals surface area contributed by atoms with E-state index in [0.717, 1.165) is 11.4 Å². The van der Waals surface area contributed by atoms with E-state index >= 15 is 0 Å². The maximum atomic E-state index is 6.10. The van der Waals surface area contributed by atoms with Crippen LogP contribution in [0.1, 0.15) is 44.5 Å². The van der Waals surface area contributed by atoms with Crippen LogP contribution in [0.25, 0.3) is 0 Å². The highest BCUT2D eigenvalue weighted by atomic mass is 35.5. The van der Waals surface area contributed by atoms with Crippen LogP contribution in [0.4, 0.5) is 5.82 Å². The zero-order valence-corrected chi connectivity index (χ0v) is 12.3. The van der Waals surface area contributed by atoms with Crippen LogP contribution in [0, 0.1) is 13.8 Å². The minimum absolute atomic E-state index is 0.516. The normalized spacial score (nSPS) is 25.2. The predicted molar refractivity (Wildman–Crippen MR) is 74.8 cm³/mol. The summed E-state index contributed by atoms with van der Waals surface area (Å²) in [6.07, 6.45) is 3.73. The summed E-state index contributed by atoms with van der Waals surface area (Å²) in [5, 5.41) is 2.82. The first-order chi connectivity index (χ1) is 8.49. The molecule has 1 saturated heterocycles. The Morgan fingerprint density at radius 2 is 1.78 bits per heavy atom. The van der Waals surface area contributed by atoms with Crippen LogP contribution < -0.4 is 5.43 Å². The van der Waals surface area contributed by atoms with E-state index in [2.05, 4.69) is 34.3 Å². The molecule has 2 rings (SSSR count). The summed E-state index contributed by atoms with van der Waals surface area (Å²) in [6.45, 7) is 8.30. The molecule has 2 atom stereocenters. The quantitative estimate of drug-likeness (QED) is 0.836. The topological polar surface area (TPSA) is 41.1 Å². The summed E-state index contributed by atoms with van der Waals surface area (Å²) >= 11 is 6.10. The van der Waals surface area contributed by atoms with Crippen LogP contribution in [0.15, 0.2) is 0 Å². The Kier molecular flexibility index (Phi) is 4.07. The molecule has 100 valence electrons. The SMILES string of the molecule is Cc1nc(Cl)c(C)c(NN2C(C)CCCC2C)n1. The van der Waals surface area contributed by atoms with Crippen molar-refractivity contribution in [2.24, 2.45) is 0 Å². The molecule has 0 radical (unpaired) electrons. The zero-order chi connectivity index (χ0) is 13.3. The van der Waals surface area contributed by atoms with Crippen molar-refractivity contribution < 1.29 is 0 Å². The number of anilines is 1. The second-order valence-electron chi connectivity index (χ2n) is 5.18. The predicted octanol–water partition coefficient (Wildman–Crippen LogP) is 3.34. The average Bonchev–Trinajstić information content (AvgIpc) is 2.30. The highest BCUT2D eigenvalue weighted by Crippen LogP contribution is 2.26. The van der Waals surface area contributed by atoms with Crippen molar-refractivity contribution in [2.45, 2.75) is 59.0 Å². The number of hydrazine groups is 1. The molecule has 1 aliphatic heterocycles. The number of hydrogen-bond acceptors (Lipinski definition) is 4. The molecule has 0 saturated carbocycles. The molecular weight excluding hydrogens is 248 g/mol. The van der Waals surface area contributed by atoms with E-state index in [9.17, 15) is 0 Å². The molecule has 1 N–H and O–H groups in total. The largest absolute Gasteiger partial charge is 0.302 e. The van der Waals surface area contributed by atoms with Crippen molar-refractivity contribution in [2.75, 3.05) is 5.43 Å². The Morgan fingerprint density at radius 1 is 1.17 bits per heavy atom. The molecule has 2 heterocycles. The highest BCUT2D eigenvalue weighted by molar-refractivity contribution is 6.30. The van der Waals surface area contributed by atoms with Gasteiger partial charge < -0.3 is 5.43 Å². The minimum atomic E-state index is 0.516. The fourth-order valence-electron chi connectivity index (χ4n) is 2.47. The third kappa shape index (κ3) is 2.75. The first kappa shape index (κ1) is 13.6. The number of aryl methyl sites for hydroxylation is 1. The van der Waals surface area contributed by atoms with Gasteiger partial charge in [0.25, 0.3) is 0 Å². The molecule has 0 amide bonds. The Labute approximate surface area is 114 Å². The van der Waals surface area contributed by atoms with Crippen molar-refractivity contribution in [3.8, 4) is 0 Å². The lowest BCUT2D eigenvalue weighted by atomic mass is 10.00. The molecule has 1 fully saturated rings. The van der Waals surface area contributed by atoms with Gasteiger partial charge in [-0.3, -0.25) is 0 Å². The van der Waals surface area contributed by atoms with Crippen LogP contribution in [0.3, 0.4) is 0 Å². The third-order valence-electron chi connectivity index (χ3n) is 3.63. The van der Waals surface area contributed by atoms with E-state index in [1.54, 1.807) is 0 Å². The maximum Gasteiger partial charge on any atom is 0.148 e. The molecule has 2 unspecified atom stereocenters. The van der Waals surface area contributed by atoms with Gasteiger partial charge in [0.05, 0.1) is 0 Å². The van der Waals surface area contributed by atoms with Gasteiger partial charge in [-0.1, -0.05) is 18.0 Å². The first-order valence-corrected chi connectivity index (χ1v) is 6.92. The molecule has 1 aromatic heterocycles. The van der Waals surface area contributed by atoms with Crippen LogP contribution in [-0.2, 0) is 0 Å². The number of nitrogens with zero attached hydrogens (tertiary/aromatic N) is 3. The lowest BCUT2D eigenvalue weighted by Gasteiger charge is -2.39. The van der Waals surface area contributed by atoms with Crippen LogP contribution in [0.2, 0.25) is 5.15 Å². The molecular formula is C13H21ClN4. The van der Waals surface area contributed by atoms with Gasteiger partial charge in [0.1, 0.15) is 16.8 Å². The molecule has 0 aromatic carbocycles. The van der Waals surface area contributed by atoms with Crippen molar-refractivity contribution in [3.63, 3.8) is 0 Å². The van der Waals surface area contributed by atoms with Crippen LogP contribution >= 0.6 is 11.6 Å². The van der Waals surface area contributed by atoms with Crippen molar-refractivity contribution >= 4 is 17.4 Å². The first-order valence-electron chi connectivity index (χ1n) is 6.54. The van der Waals surface area contributed by atoms with E-state index in [-0.39, 0.29) is 0 Å². The van der Waals surface area contributed by atoms with Gasteiger partial charge in [-0.15, -0.1) is 0 Å². The van der Waals surface area contributed by atoms with Gasteiger partial charge in [0.15, 0.2) is 0 Å². The lowest BCUT2D eigenvalue weighted by molar-refractivity contribution is 0.135. The van der Waals surface area contributed by atoms with Gasteiger partial charge in [0, 0.05) is 17.6 Å². The summed E-state index contributed by atoms with van der Waals surface area (Å²) in [5.74, 6) is 1.53. The van der Waals surface area contributed by atoms with Crippen LogP contribution in [-0.4, -0.2) is 27.1 Å². The molecule has 4 nitrogen and oxygen atoms in total. The zero-order valence-electron chi connectivity index (χ0n) is 11.5. The van der Waals surface area contributed by atoms with E-state index < -0.39 is 0 Å². The number of hydrogen-bond donors (Lipinski definition) is 1. The highest BCUT2D eigenvalue weighted by Gasteiger charge is 2.25. The van der Waals surface area contributed by atoms with E-state index in [1.165, 1.54) is 19.3 Å². The molecule has 18 heavy (non-hydrogen) atoms. The average molecular weight is 269 g/mol. The molecule has 0 aliphatic carbocycles. The maximum absolute atomic E-state index is 6.10. The summed E-state index contributed by atoms with van der Waals surface area (Å²) < 4.78 is 0. The number of aromatic nitrogens is 2. The van der Waals surface area contributed by atoms with Gasteiger partial charge in [0.2, 0.25) is 0 Å². The summed E-state index contributed by atoms with van der Waals surface area (Å²) in [5.41, 5.74) is 4.34. The third-order valence-corrected chi connectivity index (χ3v) is 3.99. The van der Waals surface area contributed by atoms with Gasteiger partial charge >= 0.3 is 0 Å². The van der Waals surface area contributed by atoms with Crippen molar-refractivity contribution in [3.05, 3.63) is 16.5 Å². The summed E-state index contributed by atoms with van der Waals surface area (Å²) in [6, 6.07) is 1.03. The fourth-order valence-corrected chi connectivity index (χ4v) is 2.68. The standard InChI is InChI=1S/C13H21ClN4/c1-8-6-5-7-9(2)18(8)17-13-10(3)12(14)15-11(4)16-13/h8-9H,5-7H2,1-4H3,(H,15,16,17). The molecule has 1 aliphatic rings. The monoisotopic (exact) mass is 268 g/mol. The molecule has 1 aromatic rings. The number of rotatable bonds is 2. The summed E-state index contributed by atoms with van der Waals surface area (Å²) in [7, 11) is 0. The van der Waals surface area contributed by atoms with E-state index in [0.29, 0.717) is 23.1 Å². The van der Waals surface area contributed by atoms with Crippen LogP contribution in [0.5, 0.6) is 0 Å². The lowest BCUT2D eigenvalue weighted by Crippen LogP contribution is -2.47. The fraction of sp³-hybridized carbons (Fsp3) is 0.692. The van der Waals surface area contributed by atoms with E-state index in [4.69, 9.17) is 11.6 Å². The Balaban J connectivity index is 2.22. The second kappa shape index (κ2) is 5.41. The number of nitrogens with one attached hydrogen (secondary N) is 1. The number of piperidine rings is 1. The van der Waals surface area contributed by atoms with Gasteiger partial charge in [-0.25, -0.2) is 15.0 Å². The second-order valence-corrected chi connectivity index (χ2v) is 5.54. The smallest absolute Gasteiger partial charge is 0.148 e. The Hall–Kier alpha value is -0.870. The van der Waals surface area contributed by atoms with Crippen molar-refractivity contribution in [1.29, 1.82) is 0 Å². The molecule has 5 heteroatoms. The molecule has 0 bridgehead atoms. The van der Waals surface area contributed by atoms with E-state index in [1.807, 2.05) is 13.8 Å². The summed E-state index contributed by atoms with van der Waals surface area (Å²) in [4.78, 5) is 8.61. The molecule has 0 spiro atoms. The van der Waals surface area contributed by atoms with Gasteiger partial charge in [-0.05, 0) is 40.5 Å². The Morgan fingerprint density at radius 3 is 2.39 bits per heavy atom. The Bertz CT molecular complexity index is 425. The number of halogens is 1. The minimum Gasteiger partial charge on any atom is -0.302 e. The van der Waals surface area contributed by atoms with Crippen molar-refractivity contribution in [1.82, 2.24) is 15.0 Å².